The van der Waals surface area contributed by atoms with Gasteiger partial charge in [0.1, 0.15) is 0 Å². The largest absolute Gasteiger partial charge is 0.334 e. The molecule has 70 valence electrons. The van der Waals surface area contributed by atoms with Crippen LogP contribution in [0.4, 0.5) is 4.79 Å². The minimum Gasteiger partial charge on any atom is -0.334 e. The Labute approximate surface area is 73.1 Å². The molecule has 1 rings (SSSR count). The maximum Gasteiger partial charge on any atom is 0.317 e. The van der Waals surface area contributed by atoms with Crippen LogP contribution < -0.4 is 11.1 Å². The first-order valence-corrected chi connectivity index (χ1v) is 4.38. The van der Waals surface area contributed by atoms with Gasteiger partial charge in [0.25, 0.3) is 0 Å². The van der Waals surface area contributed by atoms with E-state index in [1.807, 2.05) is 14.0 Å². The maximum atomic E-state index is 11.4. The van der Waals surface area contributed by atoms with Gasteiger partial charge in [-0.1, -0.05) is 0 Å². The average molecular weight is 171 g/mol. The summed E-state index contributed by atoms with van der Waals surface area (Å²) in [7, 11) is 1.83. The summed E-state index contributed by atoms with van der Waals surface area (Å²) < 4.78 is 0. The molecule has 1 saturated carbocycles. The molecule has 0 aromatic carbocycles. The predicted octanol–water partition coefficient (Wildman–Crippen LogP) is 0.137. The Morgan fingerprint density at radius 1 is 1.75 bits per heavy atom. The molecule has 2 amide bonds. The summed E-state index contributed by atoms with van der Waals surface area (Å²) in [5.41, 5.74) is 5.38. The highest BCUT2D eigenvalue weighted by molar-refractivity contribution is 5.74. The van der Waals surface area contributed by atoms with Gasteiger partial charge in [0.05, 0.1) is 0 Å². The van der Waals surface area contributed by atoms with E-state index in [1.165, 1.54) is 0 Å². The van der Waals surface area contributed by atoms with E-state index in [0.29, 0.717) is 12.6 Å². The van der Waals surface area contributed by atoms with E-state index in [4.69, 9.17) is 5.73 Å². The fourth-order valence-electron chi connectivity index (χ4n) is 0.999. The molecule has 0 aromatic heterocycles. The van der Waals surface area contributed by atoms with Crippen LogP contribution in [0.25, 0.3) is 0 Å². The second-order valence-corrected chi connectivity index (χ2v) is 3.43. The summed E-state index contributed by atoms with van der Waals surface area (Å²) in [6.45, 7) is 2.39. The number of nitrogens with two attached hydrogens (primary N) is 1. The second kappa shape index (κ2) is 3.76. The molecular formula is C8H17N3O. The lowest BCUT2D eigenvalue weighted by Crippen LogP contribution is -2.45. The molecule has 1 atom stereocenters. The third kappa shape index (κ3) is 2.37. The maximum absolute atomic E-state index is 11.4. The van der Waals surface area contributed by atoms with Crippen molar-refractivity contribution in [2.75, 3.05) is 13.6 Å². The highest BCUT2D eigenvalue weighted by atomic mass is 16.2. The van der Waals surface area contributed by atoms with Crippen LogP contribution in [0.2, 0.25) is 0 Å². The van der Waals surface area contributed by atoms with Crippen LogP contribution >= 0.6 is 0 Å². The standard InChI is InChI=1S/C8H17N3O/c1-6(5-9)10-8(12)11(2)7-3-4-7/h6-7H,3-5,9H2,1-2H3,(H,10,12). The van der Waals surface area contributed by atoms with Crippen molar-refractivity contribution in [2.24, 2.45) is 5.73 Å². The van der Waals surface area contributed by atoms with E-state index in [-0.39, 0.29) is 12.1 Å². The van der Waals surface area contributed by atoms with Crippen LogP contribution in [0, 0.1) is 0 Å². The van der Waals surface area contributed by atoms with E-state index < -0.39 is 0 Å². The Morgan fingerprint density at radius 2 is 2.33 bits per heavy atom. The third-order valence-corrected chi connectivity index (χ3v) is 2.14. The van der Waals surface area contributed by atoms with Gasteiger partial charge in [-0.3, -0.25) is 0 Å². The molecule has 0 spiro atoms. The summed E-state index contributed by atoms with van der Waals surface area (Å²) in [5, 5.41) is 2.81. The molecule has 4 heteroatoms. The number of carbonyl (C=O) groups is 1. The highest BCUT2D eigenvalue weighted by Gasteiger charge is 2.29. The highest BCUT2D eigenvalue weighted by Crippen LogP contribution is 2.25. The van der Waals surface area contributed by atoms with Crippen molar-refractivity contribution in [1.82, 2.24) is 10.2 Å². The van der Waals surface area contributed by atoms with E-state index in [2.05, 4.69) is 5.32 Å². The number of hydrogen-bond donors (Lipinski definition) is 2. The molecular weight excluding hydrogens is 154 g/mol. The zero-order chi connectivity index (χ0) is 9.14. The molecule has 1 unspecified atom stereocenters. The molecule has 0 aromatic rings. The van der Waals surface area contributed by atoms with Crippen LogP contribution in [-0.4, -0.2) is 36.6 Å². The lowest BCUT2D eigenvalue weighted by molar-refractivity contribution is 0.203. The van der Waals surface area contributed by atoms with Crippen molar-refractivity contribution >= 4 is 6.03 Å². The van der Waals surface area contributed by atoms with Gasteiger partial charge in [-0.05, 0) is 19.8 Å². The first-order valence-electron chi connectivity index (χ1n) is 4.38. The Bertz CT molecular complexity index is 168. The van der Waals surface area contributed by atoms with Gasteiger partial charge >= 0.3 is 6.03 Å². The number of urea groups is 1. The van der Waals surface area contributed by atoms with Crippen LogP contribution in [0.1, 0.15) is 19.8 Å². The van der Waals surface area contributed by atoms with E-state index >= 15 is 0 Å². The van der Waals surface area contributed by atoms with Crippen molar-refractivity contribution in [3.8, 4) is 0 Å². The molecule has 1 aliphatic carbocycles. The smallest absolute Gasteiger partial charge is 0.317 e. The number of carbonyl (C=O) groups excluding carboxylic acids is 1. The molecule has 4 nitrogen and oxygen atoms in total. The molecule has 0 radical (unpaired) electrons. The lowest BCUT2D eigenvalue weighted by atomic mass is 10.3. The van der Waals surface area contributed by atoms with Gasteiger partial charge in [0, 0.05) is 25.7 Å². The minimum atomic E-state index is -0.00421. The van der Waals surface area contributed by atoms with E-state index in [0.717, 1.165) is 12.8 Å². The van der Waals surface area contributed by atoms with E-state index in [1.54, 1.807) is 4.90 Å². The van der Waals surface area contributed by atoms with Crippen LogP contribution in [0.15, 0.2) is 0 Å². The zero-order valence-corrected chi connectivity index (χ0v) is 7.71. The fourth-order valence-corrected chi connectivity index (χ4v) is 0.999. The summed E-state index contributed by atoms with van der Waals surface area (Å²) in [5.74, 6) is 0. The quantitative estimate of drug-likeness (QED) is 0.634. The normalized spacial score (nSPS) is 18.6. The summed E-state index contributed by atoms with van der Waals surface area (Å²) in [6, 6.07) is 0.532. The molecule has 12 heavy (non-hydrogen) atoms. The average Bonchev–Trinajstić information content (AvgIpc) is 2.85. The Hall–Kier alpha value is -0.770. The van der Waals surface area contributed by atoms with Crippen molar-refractivity contribution in [3.05, 3.63) is 0 Å². The summed E-state index contributed by atoms with van der Waals surface area (Å²) in [6.07, 6.45) is 2.28. The predicted molar refractivity (Wildman–Crippen MR) is 47.8 cm³/mol. The van der Waals surface area contributed by atoms with Gasteiger partial charge in [0.2, 0.25) is 0 Å². The number of nitrogens with one attached hydrogen (secondary N) is 1. The number of hydrogen-bond acceptors (Lipinski definition) is 2. The monoisotopic (exact) mass is 171 g/mol. The molecule has 0 bridgehead atoms. The van der Waals surface area contributed by atoms with Crippen LogP contribution in [0.5, 0.6) is 0 Å². The fraction of sp³-hybridized carbons (Fsp3) is 0.875. The van der Waals surface area contributed by atoms with Crippen molar-refractivity contribution in [1.29, 1.82) is 0 Å². The second-order valence-electron chi connectivity index (χ2n) is 3.43. The Balaban J connectivity index is 2.26. The summed E-state index contributed by atoms with van der Waals surface area (Å²) >= 11 is 0. The number of nitrogens with zero attached hydrogens (tertiary/aromatic N) is 1. The Kier molecular flexibility index (Phi) is 2.92. The molecule has 1 aliphatic rings. The topological polar surface area (TPSA) is 58.4 Å². The molecule has 3 N–H and O–H groups in total. The first kappa shape index (κ1) is 9.32. The number of rotatable bonds is 3. The van der Waals surface area contributed by atoms with Crippen LogP contribution in [-0.2, 0) is 0 Å². The molecule has 0 heterocycles. The third-order valence-electron chi connectivity index (χ3n) is 2.14. The number of amides is 2. The van der Waals surface area contributed by atoms with Crippen LogP contribution in [0.3, 0.4) is 0 Å². The lowest BCUT2D eigenvalue weighted by Gasteiger charge is -2.19. The Morgan fingerprint density at radius 3 is 2.75 bits per heavy atom. The molecule has 0 saturated heterocycles. The van der Waals surface area contributed by atoms with Crippen molar-refractivity contribution < 1.29 is 4.79 Å². The van der Waals surface area contributed by atoms with Gasteiger partial charge in [-0.2, -0.15) is 0 Å². The van der Waals surface area contributed by atoms with Crippen molar-refractivity contribution in [2.45, 2.75) is 31.8 Å². The van der Waals surface area contributed by atoms with Gasteiger partial charge in [-0.25, -0.2) is 4.79 Å². The van der Waals surface area contributed by atoms with Gasteiger partial charge in [0.15, 0.2) is 0 Å². The van der Waals surface area contributed by atoms with Gasteiger partial charge < -0.3 is 16.0 Å². The minimum absolute atomic E-state index is 0.00421. The summed E-state index contributed by atoms with van der Waals surface area (Å²) in [4.78, 5) is 13.1. The first-order chi connectivity index (χ1) is 5.65. The molecule has 1 fully saturated rings. The molecule has 0 aliphatic heterocycles. The van der Waals surface area contributed by atoms with Crippen molar-refractivity contribution in [3.63, 3.8) is 0 Å². The zero-order valence-electron chi connectivity index (χ0n) is 7.71. The van der Waals surface area contributed by atoms with E-state index in [9.17, 15) is 4.79 Å². The van der Waals surface area contributed by atoms with Gasteiger partial charge in [-0.15, -0.1) is 0 Å². The SMILES string of the molecule is CC(CN)NC(=O)N(C)C1CC1.